The van der Waals surface area contributed by atoms with Crippen molar-refractivity contribution in [3.05, 3.63) is 29.8 Å². The zero-order valence-electron chi connectivity index (χ0n) is 10.6. The maximum absolute atomic E-state index is 13.1. The summed E-state index contributed by atoms with van der Waals surface area (Å²) >= 11 is 0. The molecule has 17 heavy (non-hydrogen) atoms. The van der Waals surface area contributed by atoms with Crippen LogP contribution in [0.15, 0.2) is 18.5 Å². The first-order chi connectivity index (χ1) is 8.27. The molecule has 3 nitrogen and oxygen atoms in total. The highest BCUT2D eigenvalue weighted by Crippen LogP contribution is 2.19. The van der Waals surface area contributed by atoms with Crippen molar-refractivity contribution in [1.29, 1.82) is 0 Å². The SMILES string of the molecule is CCNC(CCCCOC)c1cncc(F)c1. The molecular weight excluding hydrogens is 219 g/mol. The normalized spacial score (nSPS) is 12.6. The van der Waals surface area contributed by atoms with Crippen LogP contribution < -0.4 is 5.32 Å². The average Bonchev–Trinajstić information content (AvgIpc) is 2.33. The van der Waals surface area contributed by atoms with Crippen molar-refractivity contribution in [2.24, 2.45) is 0 Å². The predicted octanol–water partition coefficient (Wildman–Crippen LogP) is 2.69. The number of halogens is 1. The third kappa shape index (κ3) is 5.24. The summed E-state index contributed by atoms with van der Waals surface area (Å²) in [6.45, 7) is 3.70. The molecule has 0 aliphatic rings. The average molecular weight is 240 g/mol. The molecule has 1 rings (SSSR count). The third-order valence-corrected chi connectivity index (χ3v) is 2.67. The van der Waals surface area contributed by atoms with Crippen LogP contribution in [0.5, 0.6) is 0 Å². The predicted molar refractivity (Wildman–Crippen MR) is 66.3 cm³/mol. The second kappa shape index (κ2) is 8.14. The van der Waals surface area contributed by atoms with Gasteiger partial charge < -0.3 is 10.1 Å². The molecule has 0 bridgehead atoms. The Morgan fingerprint density at radius 2 is 2.24 bits per heavy atom. The molecule has 0 aromatic carbocycles. The highest BCUT2D eigenvalue weighted by atomic mass is 19.1. The molecule has 0 radical (unpaired) electrons. The van der Waals surface area contributed by atoms with Crippen molar-refractivity contribution in [2.45, 2.75) is 32.2 Å². The van der Waals surface area contributed by atoms with Gasteiger partial charge in [-0.3, -0.25) is 4.98 Å². The summed E-state index contributed by atoms with van der Waals surface area (Å²) in [4.78, 5) is 3.89. The van der Waals surface area contributed by atoms with E-state index < -0.39 is 0 Å². The van der Waals surface area contributed by atoms with Gasteiger partial charge in [0.05, 0.1) is 6.20 Å². The van der Waals surface area contributed by atoms with E-state index in [9.17, 15) is 4.39 Å². The lowest BCUT2D eigenvalue weighted by atomic mass is 10.0. The van der Waals surface area contributed by atoms with Crippen LogP contribution in [0.2, 0.25) is 0 Å². The fourth-order valence-corrected chi connectivity index (χ4v) is 1.85. The Labute approximate surface area is 102 Å². The summed E-state index contributed by atoms with van der Waals surface area (Å²) in [7, 11) is 1.71. The van der Waals surface area contributed by atoms with Gasteiger partial charge in [0.15, 0.2) is 0 Å². The summed E-state index contributed by atoms with van der Waals surface area (Å²) in [6.07, 6.45) is 6.02. The molecule has 0 saturated carbocycles. The Morgan fingerprint density at radius 3 is 2.88 bits per heavy atom. The molecule has 0 amide bonds. The van der Waals surface area contributed by atoms with Crippen molar-refractivity contribution < 1.29 is 9.13 Å². The van der Waals surface area contributed by atoms with Crippen LogP contribution in [0.3, 0.4) is 0 Å². The van der Waals surface area contributed by atoms with E-state index in [4.69, 9.17) is 4.74 Å². The summed E-state index contributed by atoms with van der Waals surface area (Å²) in [6, 6.07) is 1.73. The number of nitrogens with zero attached hydrogens (tertiary/aromatic N) is 1. The van der Waals surface area contributed by atoms with Crippen LogP contribution in [-0.2, 0) is 4.74 Å². The number of nitrogens with one attached hydrogen (secondary N) is 1. The molecule has 0 spiro atoms. The zero-order chi connectivity index (χ0) is 12.5. The van der Waals surface area contributed by atoms with Crippen LogP contribution in [0, 0.1) is 5.82 Å². The van der Waals surface area contributed by atoms with E-state index in [2.05, 4.69) is 17.2 Å². The molecule has 0 fully saturated rings. The molecule has 1 atom stereocenters. The van der Waals surface area contributed by atoms with E-state index in [0.29, 0.717) is 0 Å². The molecule has 0 saturated heterocycles. The number of ether oxygens (including phenoxy) is 1. The van der Waals surface area contributed by atoms with Gasteiger partial charge in [0.2, 0.25) is 0 Å². The fraction of sp³-hybridized carbons (Fsp3) is 0.615. The maximum Gasteiger partial charge on any atom is 0.141 e. The number of hydrogen-bond donors (Lipinski definition) is 1. The van der Waals surface area contributed by atoms with E-state index in [0.717, 1.165) is 38.0 Å². The smallest absolute Gasteiger partial charge is 0.141 e. The highest BCUT2D eigenvalue weighted by Gasteiger charge is 2.10. The fourth-order valence-electron chi connectivity index (χ4n) is 1.85. The molecule has 4 heteroatoms. The quantitative estimate of drug-likeness (QED) is 0.709. The van der Waals surface area contributed by atoms with Gasteiger partial charge in [-0.15, -0.1) is 0 Å². The van der Waals surface area contributed by atoms with Crippen LogP contribution in [0.4, 0.5) is 4.39 Å². The molecule has 1 unspecified atom stereocenters. The number of methoxy groups -OCH3 is 1. The van der Waals surface area contributed by atoms with Crippen LogP contribution >= 0.6 is 0 Å². The van der Waals surface area contributed by atoms with E-state index in [1.807, 2.05) is 0 Å². The van der Waals surface area contributed by atoms with E-state index in [-0.39, 0.29) is 11.9 Å². The molecule has 1 heterocycles. The summed E-state index contributed by atoms with van der Waals surface area (Å²) in [5, 5.41) is 3.36. The van der Waals surface area contributed by atoms with Crippen molar-refractivity contribution in [2.75, 3.05) is 20.3 Å². The van der Waals surface area contributed by atoms with E-state index in [1.54, 1.807) is 19.4 Å². The van der Waals surface area contributed by atoms with Crippen molar-refractivity contribution in [3.8, 4) is 0 Å². The van der Waals surface area contributed by atoms with Gasteiger partial charge in [-0.05, 0) is 37.4 Å². The number of aromatic nitrogens is 1. The Kier molecular flexibility index (Phi) is 6.74. The summed E-state index contributed by atoms with van der Waals surface area (Å²) < 4.78 is 18.1. The van der Waals surface area contributed by atoms with Gasteiger partial charge in [0.25, 0.3) is 0 Å². The second-order valence-corrected chi connectivity index (χ2v) is 4.04. The van der Waals surface area contributed by atoms with E-state index >= 15 is 0 Å². The lowest BCUT2D eigenvalue weighted by Gasteiger charge is -2.17. The Balaban J connectivity index is 2.52. The largest absolute Gasteiger partial charge is 0.385 e. The second-order valence-electron chi connectivity index (χ2n) is 4.04. The van der Waals surface area contributed by atoms with Crippen LogP contribution in [0.1, 0.15) is 37.8 Å². The molecular formula is C13H21FN2O. The van der Waals surface area contributed by atoms with Gasteiger partial charge in [-0.2, -0.15) is 0 Å². The lowest BCUT2D eigenvalue weighted by molar-refractivity contribution is 0.191. The molecule has 0 aliphatic carbocycles. The molecule has 96 valence electrons. The number of hydrogen-bond acceptors (Lipinski definition) is 3. The van der Waals surface area contributed by atoms with Crippen LogP contribution in [0.25, 0.3) is 0 Å². The minimum absolute atomic E-state index is 0.181. The zero-order valence-corrected chi connectivity index (χ0v) is 10.6. The number of pyridine rings is 1. The van der Waals surface area contributed by atoms with Gasteiger partial charge in [0.1, 0.15) is 5.82 Å². The molecule has 0 aliphatic heterocycles. The Hall–Kier alpha value is -1.00. The maximum atomic E-state index is 13.1. The first kappa shape index (κ1) is 14.1. The van der Waals surface area contributed by atoms with Gasteiger partial charge >= 0.3 is 0 Å². The molecule has 1 aromatic rings. The highest BCUT2D eigenvalue weighted by molar-refractivity contribution is 5.14. The summed E-state index contributed by atoms with van der Waals surface area (Å²) in [5.41, 5.74) is 0.921. The first-order valence-corrected chi connectivity index (χ1v) is 6.10. The van der Waals surface area contributed by atoms with Crippen LogP contribution in [-0.4, -0.2) is 25.2 Å². The lowest BCUT2D eigenvalue weighted by Crippen LogP contribution is -2.21. The third-order valence-electron chi connectivity index (χ3n) is 2.67. The number of unbranched alkanes of at least 4 members (excludes halogenated alkanes) is 1. The molecule has 1 aromatic heterocycles. The molecule has 1 N–H and O–H groups in total. The first-order valence-electron chi connectivity index (χ1n) is 6.10. The monoisotopic (exact) mass is 240 g/mol. The van der Waals surface area contributed by atoms with Crippen molar-refractivity contribution >= 4 is 0 Å². The van der Waals surface area contributed by atoms with Gasteiger partial charge in [-0.1, -0.05) is 6.92 Å². The minimum atomic E-state index is -0.276. The van der Waals surface area contributed by atoms with Crippen molar-refractivity contribution in [3.63, 3.8) is 0 Å². The topological polar surface area (TPSA) is 34.1 Å². The number of rotatable bonds is 8. The van der Waals surface area contributed by atoms with Gasteiger partial charge in [0, 0.05) is 26.0 Å². The standard InChI is InChI=1S/C13H21FN2O/c1-3-16-13(6-4-5-7-17-2)11-8-12(14)10-15-9-11/h8-10,13,16H,3-7H2,1-2H3. The Bertz CT molecular complexity index is 320. The van der Waals surface area contributed by atoms with E-state index in [1.165, 1.54) is 6.20 Å². The Morgan fingerprint density at radius 1 is 1.41 bits per heavy atom. The minimum Gasteiger partial charge on any atom is -0.385 e. The summed E-state index contributed by atoms with van der Waals surface area (Å²) in [5.74, 6) is -0.276. The van der Waals surface area contributed by atoms with Crippen molar-refractivity contribution in [1.82, 2.24) is 10.3 Å². The van der Waals surface area contributed by atoms with Gasteiger partial charge in [-0.25, -0.2) is 4.39 Å².